The van der Waals surface area contributed by atoms with Crippen LogP contribution in [0.25, 0.3) is 0 Å². The van der Waals surface area contributed by atoms with Gasteiger partial charge in [0.1, 0.15) is 0 Å². The smallest absolute Gasteiger partial charge is 0.358 e. The van der Waals surface area contributed by atoms with Crippen molar-refractivity contribution in [3.8, 4) is 0 Å². The van der Waals surface area contributed by atoms with Crippen molar-refractivity contribution in [1.82, 2.24) is 15.0 Å². The van der Waals surface area contributed by atoms with Crippen molar-refractivity contribution < 1.29 is 9.90 Å². The van der Waals surface area contributed by atoms with Crippen LogP contribution in [-0.2, 0) is 6.54 Å². The molecule has 1 aromatic rings. The van der Waals surface area contributed by atoms with E-state index < -0.39 is 5.97 Å². The second-order valence-corrected chi connectivity index (χ2v) is 4.48. The summed E-state index contributed by atoms with van der Waals surface area (Å²) in [5, 5.41) is 15.9. The molecule has 0 unspecified atom stereocenters. The van der Waals surface area contributed by atoms with Crippen LogP contribution in [0.4, 0.5) is 0 Å². The van der Waals surface area contributed by atoms with E-state index in [1.54, 1.807) is 4.68 Å². The minimum Gasteiger partial charge on any atom is -0.476 e. The summed E-state index contributed by atoms with van der Waals surface area (Å²) in [6.07, 6.45) is 2.39. The van der Waals surface area contributed by atoms with Crippen LogP contribution in [0.3, 0.4) is 0 Å². The van der Waals surface area contributed by atoms with Crippen LogP contribution in [0.15, 0.2) is 6.20 Å². The Morgan fingerprint density at radius 1 is 1.57 bits per heavy atom. The number of carbonyl (C=O) groups is 1. The number of aromatic carboxylic acids is 1. The fourth-order valence-electron chi connectivity index (χ4n) is 0.956. The number of nitrogens with zero attached hydrogens (tertiary/aromatic N) is 3. The van der Waals surface area contributed by atoms with Crippen molar-refractivity contribution in [2.24, 2.45) is 5.41 Å². The molecular weight excluding hydrogens is 182 g/mol. The largest absolute Gasteiger partial charge is 0.476 e. The van der Waals surface area contributed by atoms with E-state index in [2.05, 4.69) is 31.1 Å². The third-order valence-corrected chi connectivity index (χ3v) is 1.85. The lowest BCUT2D eigenvalue weighted by atomic mass is 9.92. The average molecular weight is 197 g/mol. The van der Waals surface area contributed by atoms with E-state index in [-0.39, 0.29) is 11.1 Å². The van der Waals surface area contributed by atoms with E-state index in [9.17, 15) is 4.79 Å². The Morgan fingerprint density at radius 3 is 2.64 bits per heavy atom. The summed E-state index contributed by atoms with van der Waals surface area (Å²) in [5.41, 5.74) is 0.217. The number of aromatic nitrogens is 3. The molecule has 1 N–H and O–H groups in total. The SMILES string of the molecule is CC(C)(C)CCn1cc(C(=O)O)nn1. The second-order valence-electron chi connectivity index (χ2n) is 4.48. The van der Waals surface area contributed by atoms with Crippen molar-refractivity contribution >= 4 is 5.97 Å². The van der Waals surface area contributed by atoms with Gasteiger partial charge in [0.05, 0.1) is 6.20 Å². The van der Waals surface area contributed by atoms with Crippen molar-refractivity contribution in [2.45, 2.75) is 33.7 Å². The zero-order valence-corrected chi connectivity index (χ0v) is 8.69. The predicted molar refractivity (Wildman–Crippen MR) is 51.1 cm³/mol. The summed E-state index contributed by atoms with van der Waals surface area (Å²) in [6.45, 7) is 7.08. The Morgan fingerprint density at radius 2 is 2.21 bits per heavy atom. The van der Waals surface area contributed by atoms with Gasteiger partial charge < -0.3 is 5.11 Å². The Hall–Kier alpha value is -1.39. The van der Waals surface area contributed by atoms with E-state index >= 15 is 0 Å². The van der Waals surface area contributed by atoms with Gasteiger partial charge in [-0.25, -0.2) is 4.79 Å². The molecule has 78 valence electrons. The number of rotatable bonds is 3. The molecule has 1 heterocycles. The molecule has 5 nitrogen and oxygen atoms in total. The van der Waals surface area contributed by atoms with Crippen LogP contribution >= 0.6 is 0 Å². The van der Waals surface area contributed by atoms with Crippen molar-refractivity contribution in [1.29, 1.82) is 0 Å². The molecule has 0 saturated heterocycles. The van der Waals surface area contributed by atoms with Gasteiger partial charge in [-0.15, -0.1) is 5.10 Å². The first-order valence-corrected chi connectivity index (χ1v) is 4.52. The van der Waals surface area contributed by atoms with Crippen molar-refractivity contribution in [3.63, 3.8) is 0 Å². The molecule has 0 spiro atoms. The maximum atomic E-state index is 10.5. The molecule has 0 fully saturated rings. The van der Waals surface area contributed by atoms with Gasteiger partial charge >= 0.3 is 5.97 Å². The summed E-state index contributed by atoms with van der Waals surface area (Å²) in [7, 11) is 0. The van der Waals surface area contributed by atoms with Gasteiger partial charge in [0.2, 0.25) is 0 Å². The maximum absolute atomic E-state index is 10.5. The third-order valence-electron chi connectivity index (χ3n) is 1.85. The normalized spacial score (nSPS) is 11.6. The average Bonchev–Trinajstić information content (AvgIpc) is 2.47. The van der Waals surface area contributed by atoms with Gasteiger partial charge in [0.15, 0.2) is 5.69 Å². The number of carboxylic acids is 1. The monoisotopic (exact) mass is 197 g/mol. The highest BCUT2D eigenvalue weighted by Crippen LogP contribution is 2.18. The third kappa shape index (κ3) is 3.16. The summed E-state index contributed by atoms with van der Waals surface area (Å²) in [5.74, 6) is -1.04. The lowest BCUT2D eigenvalue weighted by Crippen LogP contribution is -2.10. The van der Waals surface area contributed by atoms with Gasteiger partial charge in [-0.1, -0.05) is 26.0 Å². The molecular formula is C9H15N3O2. The predicted octanol–water partition coefficient (Wildman–Crippen LogP) is 1.41. The van der Waals surface area contributed by atoms with Crippen LogP contribution in [0.5, 0.6) is 0 Å². The summed E-state index contributed by atoms with van der Waals surface area (Å²) in [4.78, 5) is 10.5. The summed E-state index contributed by atoms with van der Waals surface area (Å²) < 4.78 is 1.56. The van der Waals surface area contributed by atoms with E-state index in [0.717, 1.165) is 6.42 Å². The van der Waals surface area contributed by atoms with Gasteiger partial charge in [-0.2, -0.15) is 0 Å². The van der Waals surface area contributed by atoms with E-state index in [0.29, 0.717) is 6.54 Å². The molecule has 14 heavy (non-hydrogen) atoms. The molecule has 0 aliphatic heterocycles. The Labute approximate surface area is 82.7 Å². The highest BCUT2D eigenvalue weighted by molar-refractivity contribution is 5.84. The quantitative estimate of drug-likeness (QED) is 0.795. The Kier molecular flexibility index (Phi) is 2.88. The summed E-state index contributed by atoms with van der Waals surface area (Å²) in [6, 6.07) is 0. The van der Waals surface area contributed by atoms with Crippen molar-refractivity contribution in [3.05, 3.63) is 11.9 Å². The Balaban J connectivity index is 2.56. The topological polar surface area (TPSA) is 68.0 Å². The molecule has 1 aromatic heterocycles. The zero-order valence-electron chi connectivity index (χ0n) is 8.69. The molecule has 0 aliphatic carbocycles. The number of carboxylic acid groups (broad SMARTS) is 1. The molecule has 0 atom stereocenters. The minimum absolute atomic E-state index is 0.00101. The fourth-order valence-corrected chi connectivity index (χ4v) is 0.956. The van der Waals surface area contributed by atoms with Crippen LogP contribution in [0.2, 0.25) is 0 Å². The van der Waals surface area contributed by atoms with Gasteiger partial charge in [-0.3, -0.25) is 4.68 Å². The second kappa shape index (κ2) is 3.77. The van der Waals surface area contributed by atoms with Gasteiger partial charge in [-0.05, 0) is 11.8 Å². The van der Waals surface area contributed by atoms with Crippen LogP contribution in [0, 0.1) is 5.41 Å². The highest BCUT2D eigenvalue weighted by Gasteiger charge is 2.12. The van der Waals surface area contributed by atoms with Crippen molar-refractivity contribution in [2.75, 3.05) is 0 Å². The number of hydrogen-bond donors (Lipinski definition) is 1. The van der Waals surface area contributed by atoms with E-state index in [1.165, 1.54) is 6.20 Å². The molecule has 0 aliphatic rings. The highest BCUT2D eigenvalue weighted by atomic mass is 16.4. The molecule has 5 heteroatoms. The summed E-state index contributed by atoms with van der Waals surface area (Å²) >= 11 is 0. The maximum Gasteiger partial charge on any atom is 0.358 e. The first kappa shape index (κ1) is 10.7. The molecule has 1 rings (SSSR count). The molecule has 0 amide bonds. The Bertz CT molecular complexity index is 325. The zero-order chi connectivity index (χ0) is 10.8. The van der Waals surface area contributed by atoms with Gasteiger partial charge in [0.25, 0.3) is 0 Å². The fraction of sp³-hybridized carbons (Fsp3) is 0.667. The van der Waals surface area contributed by atoms with E-state index in [1.807, 2.05) is 0 Å². The molecule has 0 saturated carbocycles. The van der Waals surface area contributed by atoms with E-state index in [4.69, 9.17) is 5.11 Å². The molecule has 0 bridgehead atoms. The van der Waals surface area contributed by atoms with Crippen LogP contribution in [-0.4, -0.2) is 26.1 Å². The minimum atomic E-state index is -1.04. The first-order chi connectivity index (χ1) is 6.38. The molecule has 0 aromatic carbocycles. The molecule has 0 radical (unpaired) electrons. The first-order valence-electron chi connectivity index (χ1n) is 4.52. The lowest BCUT2D eigenvalue weighted by molar-refractivity contribution is 0.0690. The number of hydrogen-bond acceptors (Lipinski definition) is 3. The number of aryl methyl sites for hydroxylation is 1. The standard InChI is InChI=1S/C9H15N3O2/c1-9(2,3)4-5-12-6-7(8(13)14)10-11-12/h6H,4-5H2,1-3H3,(H,13,14). The van der Waals surface area contributed by atoms with Crippen LogP contribution in [0.1, 0.15) is 37.7 Å². The lowest BCUT2D eigenvalue weighted by Gasteiger charge is -2.16. The van der Waals surface area contributed by atoms with Crippen LogP contribution < -0.4 is 0 Å². The van der Waals surface area contributed by atoms with Gasteiger partial charge in [0, 0.05) is 6.54 Å².